The molecule has 0 aromatic heterocycles. The first-order valence-electron chi connectivity index (χ1n) is 26.9. The van der Waals surface area contributed by atoms with Crippen LogP contribution in [0.3, 0.4) is 0 Å². The van der Waals surface area contributed by atoms with Crippen LogP contribution in [0.2, 0.25) is 0 Å². The summed E-state index contributed by atoms with van der Waals surface area (Å²) < 4.78 is 16.8. The Labute approximate surface area is 374 Å². The molecule has 0 aliphatic rings. The lowest BCUT2D eigenvalue weighted by atomic mass is 10.0. The summed E-state index contributed by atoms with van der Waals surface area (Å²) in [5.74, 6) is -0.00899. The standard InChI is InChI=1S/C54H104O6/c1-5-7-9-11-13-15-17-18-19-20-21-22-27-31-35-39-43-47-54(57)60-51(48-58-52(55)45-41-37-33-29-16-14-12-10-8-6-2)49-59-53(56)46-42-38-34-30-26-24-23-25-28-32-36-40-44-50(3)4/h50-51H,5-49H2,1-4H3/t51-/m1/s1. The third-order valence-electron chi connectivity index (χ3n) is 12.3. The maximum Gasteiger partial charge on any atom is 0.306 e. The summed E-state index contributed by atoms with van der Waals surface area (Å²) in [6.45, 7) is 9.03. The summed E-state index contributed by atoms with van der Waals surface area (Å²) in [4.78, 5) is 37.9. The van der Waals surface area contributed by atoms with Crippen molar-refractivity contribution in [2.75, 3.05) is 13.2 Å². The summed E-state index contributed by atoms with van der Waals surface area (Å²) >= 11 is 0. The summed E-state index contributed by atoms with van der Waals surface area (Å²) in [7, 11) is 0. The molecule has 0 amide bonds. The first-order valence-corrected chi connectivity index (χ1v) is 26.9. The Morgan fingerprint density at radius 2 is 0.550 bits per heavy atom. The van der Waals surface area contributed by atoms with Gasteiger partial charge in [-0.2, -0.15) is 0 Å². The van der Waals surface area contributed by atoms with Crippen molar-refractivity contribution in [3.05, 3.63) is 0 Å². The van der Waals surface area contributed by atoms with Crippen LogP contribution in [0.25, 0.3) is 0 Å². The first kappa shape index (κ1) is 58.4. The third-order valence-corrected chi connectivity index (χ3v) is 12.3. The molecule has 60 heavy (non-hydrogen) atoms. The van der Waals surface area contributed by atoms with Crippen LogP contribution in [-0.4, -0.2) is 37.2 Å². The zero-order valence-corrected chi connectivity index (χ0v) is 40.9. The fraction of sp³-hybridized carbons (Fsp3) is 0.944. The largest absolute Gasteiger partial charge is 0.462 e. The molecule has 0 saturated carbocycles. The van der Waals surface area contributed by atoms with Gasteiger partial charge in [-0.1, -0.05) is 265 Å². The zero-order valence-electron chi connectivity index (χ0n) is 40.9. The monoisotopic (exact) mass is 849 g/mol. The van der Waals surface area contributed by atoms with E-state index in [9.17, 15) is 14.4 Å². The maximum atomic E-state index is 12.8. The van der Waals surface area contributed by atoms with E-state index in [4.69, 9.17) is 14.2 Å². The van der Waals surface area contributed by atoms with Gasteiger partial charge < -0.3 is 14.2 Å². The van der Waals surface area contributed by atoms with E-state index in [-0.39, 0.29) is 31.1 Å². The van der Waals surface area contributed by atoms with E-state index in [2.05, 4.69) is 27.7 Å². The fourth-order valence-electron chi connectivity index (χ4n) is 8.22. The second kappa shape index (κ2) is 48.4. The molecule has 0 aliphatic carbocycles. The fourth-order valence-corrected chi connectivity index (χ4v) is 8.22. The molecule has 6 nitrogen and oxygen atoms in total. The van der Waals surface area contributed by atoms with Gasteiger partial charge in [0.2, 0.25) is 0 Å². The Morgan fingerprint density at radius 1 is 0.317 bits per heavy atom. The second-order valence-electron chi connectivity index (χ2n) is 19.0. The molecule has 0 aromatic rings. The van der Waals surface area contributed by atoms with Crippen molar-refractivity contribution in [2.45, 2.75) is 310 Å². The Bertz CT molecular complexity index is 903. The molecule has 0 aromatic carbocycles. The van der Waals surface area contributed by atoms with Gasteiger partial charge in [-0.3, -0.25) is 14.4 Å². The average molecular weight is 849 g/mol. The van der Waals surface area contributed by atoms with Crippen LogP contribution in [-0.2, 0) is 28.6 Å². The predicted octanol–water partition coefficient (Wildman–Crippen LogP) is 17.5. The van der Waals surface area contributed by atoms with Gasteiger partial charge in [0.25, 0.3) is 0 Å². The predicted molar refractivity (Wildman–Crippen MR) is 257 cm³/mol. The van der Waals surface area contributed by atoms with Gasteiger partial charge in [-0.15, -0.1) is 0 Å². The van der Waals surface area contributed by atoms with Crippen LogP contribution in [0.4, 0.5) is 0 Å². The Hall–Kier alpha value is -1.59. The van der Waals surface area contributed by atoms with Crippen molar-refractivity contribution in [1.82, 2.24) is 0 Å². The van der Waals surface area contributed by atoms with E-state index in [0.717, 1.165) is 63.7 Å². The van der Waals surface area contributed by atoms with Crippen molar-refractivity contribution in [3.8, 4) is 0 Å². The highest BCUT2D eigenvalue weighted by Gasteiger charge is 2.19. The molecule has 6 heteroatoms. The highest BCUT2D eigenvalue weighted by Crippen LogP contribution is 2.17. The lowest BCUT2D eigenvalue weighted by Crippen LogP contribution is -2.30. The summed E-state index contributed by atoms with van der Waals surface area (Å²) in [6, 6.07) is 0. The summed E-state index contributed by atoms with van der Waals surface area (Å²) in [5, 5.41) is 0. The van der Waals surface area contributed by atoms with E-state index in [0.29, 0.717) is 19.3 Å². The quantitative estimate of drug-likeness (QED) is 0.0345. The molecule has 0 spiro atoms. The van der Waals surface area contributed by atoms with Gasteiger partial charge in [-0.25, -0.2) is 0 Å². The van der Waals surface area contributed by atoms with E-state index in [1.807, 2.05) is 0 Å². The van der Waals surface area contributed by atoms with Crippen molar-refractivity contribution < 1.29 is 28.6 Å². The van der Waals surface area contributed by atoms with Crippen molar-refractivity contribution >= 4 is 17.9 Å². The Morgan fingerprint density at radius 3 is 0.817 bits per heavy atom. The first-order chi connectivity index (χ1) is 29.4. The second-order valence-corrected chi connectivity index (χ2v) is 19.0. The number of carbonyl (C=O) groups is 3. The van der Waals surface area contributed by atoms with E-state index < -0.39 is 6.10 Å². The summed E-state index contributed by atoms with van der Waals surface area (Å²) in [5.41, 5.74) is 0. The van der Waals surface area contributed by atoms with E-state index >= 15 is 0 Å². The number of unbranched alkanes of at least 4 members (excludes halogenated alkanes) is 36. The van der Waals surface area contributed by atoms with Gasteiger partial charge in [-0.05, 0) is 25.2 Å². The van der Waals surface area contributed by atoms with Gasteiger partial charge in [0.1, 0.15) is 13.2 Å². The third kappa shape index (κ3) is 47.5. The molecule has 0 unspecified atom stereocenters. The number of ether oxygens (including phenoxy) is 3. The van der Waals surface area contributed by atoms with Crippen molar-refractivity contribution in [2.24, 2.45) is 5.92 Å². The van der Waals surface area contributed by atoms with Crippen molar-refractivity contribution in [3.63, 3.8) is 0 Å². The molecule has 1 atom stereocenters. The SMILES string of the molecule is CCCCCCCCCCCCCCCCCCCC(=O)O[C@H](COC(=O)CCCCCCCCCCCC)COC(=O)CCCCCCCCCCCCCCC(C)C. The van der Waals surface area contributed by atoms with Crippen LogP contribution >= 0.6 is 0 Å². The number of rotatable bonds is 49. The molecule has 0 bridgehead atoms. The Kier molecular flexibility index (Phi) is 47.2. The van der Waals surface area contributed by atoms with E-state index in [1.54, 1.807) is 0 Å². The minimum atomic E-state index is -0.760. The molecule has 0 saturated heterocycles. The molecule has 0 N–H and O–H groups in total. The highest BCUT2D eigenvalue weighted by atomic mass is 16.6. The molecule has 356 valence electrons. The average Bonchev–Trinajstić information content (AvgIpc) is 3.23. The number of hydrogen-bond donors (Lipinski definition) is 0. The molecule has 0 rings (SSSR count). The van der Waals surface area contributed by atoms with Crippen LogP contribution in [0.1, 0.15) is 304 Å². The van der Waals surface area contributed by atoms with Gasteiger partial charge in [0.15, 0.2) is 6.10 Å². The lowest BCUT2D eigenvalue weighted by molar-refractivity contribution is -0.167. The van der Waals surface area contributed by atoms with Crippen LogP contribution in [0.15, 0.2) is 0 Å². The molecule has 0 radical (unpaired) electrons. The number of carbonyl (C=O) groups excluding carboxylic acids is 3. The number of esters is 3. The van der Waals surface area contributed by atoms with Crippen molar-refractivity contribution in [1.29, 1.82) is 0 Å². The minimum Gasteiger partial charge on any atom is -0.462 e. The maximum absolute atomic E-state index is 12.8. The zero-order chi connectivity index (χ0) is 43.8. The molecule has 0 heterocycles. The minimum absolute atomic E-state index is 0.0626. The van der Waals surface area contributed by atoms with E-state index in [1.165, 1.54) is 199 Å². The van der Waals surface area contributed by atoms with Crippen LogP contribution in [0.5, 0.6) is 0 Å². The molecular weight excluding hydrogens is 745 g/mol. The van der Waals surface area contributed by atoms with Gasteiger partial charge >= 0.3 is 17.9 Å². The molecule has 0 fully saturated rings. The number of hydrogen-bond acceptors (Lipinski definition) is 6. The topological polar surface area (TPSA) is 78.9 Å². The Balaban J connectivity index is 4.27. The smallest absolute Gasteiger partial charge is 0.306 e. The highest BCUT2D eigenvalue weighted by molar-refractivity contribution is 5.71. The normalized spacial score (nSPS) is 11.9. The molecular formula is C54H104O6. The van der Waals surface area contributed by atoms with Crippen LogP contribution in [0, 0.1) is 5.92 Å². The van der Waals surface area contributed by atoms with Gasteiger partial charge in [0, 0.05) is 19.3 Å². The molecule has 0 aliphatic heterocycles. The summed E-state index contributed by atoms with van der Waals surface area (Å²) in [6.07, 6.45) is 50.9. The lowest BCUT2D eigenvalue weighted by Gasteiger charge is -2.18. The van der Waals surface area contributed by atoms with Crippen LogP contribution < -0.4 is 0 Å². The van der Waals surface area contributed by atoms with Gasteiger partial charge in [0.05, 0.1) is 0 Å².